The first-order valence-electron chi connectivity index (χ1n) is 6.10. The van der Waals surface area contributed by atoms with E-state index in [2.05, 4.69) is 10.6 Å². The summed E-state index contributed by atoms with van der Waals surface area (Å²) in [5, 5.41) is 13.5. The van der Waals surface area contributed by atoms with Crippen LogP contribution < -0.4 is 10.6 Å². The molecule has 0 saturated heterocycles. The van der Waals surface area contributed by atoms with Crippen molar-refractivity contribution in [2.24, 2.45) is 5.41 Å². The zero-order chi connectivity index (χ0) is 15.1. The number of urea groups is 1. The quantitative estimate of drug-likeness (QED) is 0.635. The fourth-order valence-corrected chi connectivity index (χ4v) is 1.24. The van der Waals surface area contributed by atoms with Crippen LogP contribution in [0.1, 0.15) is 34.1 Å². The Morgan fingerprint density at radius 3 is 2.37 bits per heavy atom. The molecule has 0 aliphatic rings. The molecule has 110 valence electrons. The summed E-state index contributed by atoms with van der Waals surface area (Å²) >= 11 is 0. The fraction of sp³-hybridized carbons (Fsp3) is 0.750. The molecule has 7 nitrogen and oxygen atoms in total. The van der Waals surface area contributed by atoms with Gasteiger partial charge in [0.1, 0.15) is 0 Å². The highest BCUT2D eigenvalue weighted by molar-refractivity contribution is 5.96. The Morgan fingerprint density at radius 2 is 1.89 bits per heavy atom. The Labute approximate surface area is 112 Å². The Hall–Kier alpha value is -1.63. The lowest BCUT2D eigenvalue weighted by Crippen LogP contribution is -2.46. The summed E-state index contributed by atoms with van der Waals surface area (Å²) in [4.78, 5) is 33.8. The molecule has 0 aromatic heterocycles. The number of amides is 3. The van der Waals surface area contributed by atoms with Gasteiger partial charge in [0.25, 0.3) is 0 Å². The Morgan fingerprint density at radius 1 is 1.32 bits per heavy atom. The van der Waals surface area contributed by atoms with E-state index < -0.39 is 23.3 Å². The first-order valence-corrected chi connectivity index (χ1v) is 6.10. The molecule has 7 heteroatoms. The van der Waals surface area contributed by atoms with Crippen molar-refractivity contribution in [2.45, 2.75) is 40.2 Å². The van der Waals surface area contributed by atoms with Crippen molar-refractivity contribution in [1.82, 2.24) is 10.6 Å². The van der Waals surface area contributed by atoms with Crippen molar-refractivity contribution < 1.29 is 24.2 Å². The van der Waals surface area contributed by atoms with Crippen LogP contribution in [0.15, 0.2) is 0 Å². The highest BCUT2D eigenvalue weighted by Crippen LogP contribution is 2.19. The molecular weight excluding hydrogens is 252 g/mol. The van der Waals surface area contributed by atoms with Gasteiger partial charge in [0, 0.05) is 13.0 Å². The van der Waals surface area contributed by atoms with Gasteiger partial charge < -0.3 is 15.2 Å². The van der Waals surface area contributed by atoms with Crippen LogP contribution >= 0.6 is 0 Å². The van der Waals surface area contributed by atoms with Gasteiger partial charge in [0.05, 0.1) is 18.1 Å². The van der Waals surface area contributed by atoms with Crippen molar-refractivity contribution >= 4 is 17.9 Å². The minimum Gasteiger partial charge on any atom is -0.481 e. The van der Waals surface area contributed by atoms with Gasteiger partial charge in [-0.15, -0.1) is 0 Å². The standard InChI is InChI=1S/C12H22N2O5/c1-5-19-7-8(2)13-11(18)14-9(15)6-12(3,4)10(16)17/h8H,5-7H2,1-4H3,(H,16,17)(H2,13,14,15,18). The van der Waals surface area contributed by atoms with E-state index in [0.717, 1.165) is 0 Å². The molecule has 1 unspecified atom stereocenters. The van der Waals surface area contributed by atoms with Gasteiger partial charge in [0.2, 0.25) is 5.91 Å². The predicted octanol–water partition coefficient (Wildman–Crippen LogP) is 0.738. The monoisotopic (exact) mass is 274 g/mol. The first kappa shape index (κ1) is 17.4. The van der Waals surface area contributed by atoms with Crippen LogP contribution in [0.3, 0.4) is 0 Å². The molecule has 0 aromatic carbocycles. The maximum absolute atomic E-state index is 11.5. The van der Waals surface area contributed by atoms with Crippen molar-refractivity contribution in [3.63, 3.8) is 0 Å². The van der Waals surface area contributed by atoms with Crippen LogP contribution in [0.25, 0.3) is 0 Å². The summed E-state index contributed by atoms with van der Waals surface area (Å²) < 4.78 is 5.11. The van der Waals surface area contributed by atoms with Crippen LogP contribution in [-0.2, 0) is 14.3 Å². The predicted molar refractivity (Wildman–Crippen MR) is 68.7 cm³/mol. The number of imide groups is 1. The summed E-state index contributed by atoms with van der Waals surface area (Å²) in [6.07, 6.45) is -0.268. The largest absolute Gasteiger partial charge is 0.481 e. The molecule has 3 amide bonds. The maximum Gasteiger partial charge on any atom is 0.321 e. The summed E-state index contributed by atoms with van der Waals surface area (Å²) in [6.45, 7) is 7.30. The summed E-state index contributed by atoms with van der Waals surface area (Å²) in [7, 11) is 0. The number of carboxylic acids is 1. The maximum atomic E-state index is 11.5. The van der Waals surface area contributed by atoms with E-state index in [9.17, 15) is 14.4 Å². The van der Waals surface area contributed by atoms with Gasteiger partial charge in [-0.3, -0.25) is 14.9 Å². The third-order valence-corrected chi connectivity index (χ3v) is 2.38. The van der Waals surface area contributed by atoms with Crippen molar-refractivity contribution in [2.75, 3.05) is 13.2 Å². The Bertz CT molecular complexity index is 341. The second-order valence-electron chi connectivity index (χ2n) is 4.95. The summed E-state index contributed by atoms with van der Waals surface area (Å²) in [6, 6.07) is -0.890. The van der Waals surface area contributed by atoms with Crippen LogP contribution in [0.4, 0.5) is 4.79 Å². The smallest absolute Gasteiger partial charge is 0.321 e. The van der Waals surface area contributed by atoms with E-state index in [0.29, 0.717) is 13.2 Å². The number of aliphatic carboxylic acids is 1. The zero-order valence-electron chi connectivity index (χ0n) is 11.8. The minimum absolute atomic E-state index is 0.236. The minimum atomic E-state index is -1.21. The average Bonchev–Trinajstić information content (AvgIpc) is 2.24. The van der Waals surface area contributed by atoms with Gasteiger partial charge >= 0.3 is 12.0 Å². The second kappa shape index (κ2) is 7.73. The molecule has 0 aliphatic heterocycles. The molecule has 1 atom stereocenters. The van der Waals surface area contributed by atoms with Crippen molar-refractivity contribution in [3.8, 4) is 0 Å². The van der Waals surface area contributed by atoms with E-state index in [1.54, 1.807) is 6.92 Å². The van der Waals surface area contributed by atoms with Crippen molar-refractivity contribution in [1.29, 1.82) is 0 Å². The normalized spacial score (nSPS) is 12.6. The molecule has 0 spiro atoms. The third kappa shape index (κ3) is 7.40. The zero-order valence-corrected chi connectivity index (χ0v) is 11.8. The number of nitrogens with one attached hydrogen (secondary N) is 2. The second-order valence-corrected chi connectivity index (χ2v) is 4.95. The molecule has 0 fully saturated rings. The van der Waals surface area contributed by atoms with Gasteiger partial charge in [-0.1, -0.05) is 0 Å². The fourth-order valence-electron chi connectivity index (χ4n) is 1.24. The molecule has 0 rings (SSSR count). The molecule has 0 radical (unpaired) electrons. The van der Waals surface area contributed by atoms with E-state index >= 15 is 0 Å². The van der Waals surface area contributed by atoms with Gasteiger partial charge in [-0.2, -0.15) is 0 Å². The molecule has 0 aliphatic carbocycles. The molecule has 0 saturated carbocycles. The van der Waals surface area contributed by atoms with Crippen LogP contribution in [-0.4, -0.2) is 42.3 Å². The van der Waals surface area contributed by atoms with E-state index in [4.69, 9.17) is 9.84 Å². The number of hydrogen-bond acceptors (Lipinski definition) is 4. The van der Waals surface area contributed by atoms with Crippen molar-refractivity contribution in [3.05, 3.63) is 0 Å². The lowest BCUT2D eigenvalue weighted by atomic mass is 9.89. The number of rotatable bonds is 7. The highest BCUT2D eigenvalue weighted by Gasteiger charge is 2.30. The topological polar surface area (TPSA) is 105 Å². The molecular formula is C12H22N2O5. The SMILES string of the molecule is CCOCC(C)NC(=O)NC(=O)CC(C)(C)C(=O)O. The molecule has 19 heavy (non-hydrogen) atoms. The van der Waals surface area contributed by atoms with Gasteiger partial charge in [-0.25, -0.2) is 4.79 Å². The van der Waals surface area contributed by atoms with Gasteiger partial charge in [-0.05, 0) is 27.7 Å². The van der Waals surface area contributed by atoms with Crippen LogP contribution in [0.2, 0.25) is 0 Å². The summed E-state index contributed by atoms with van der Waals surface area (Å²) in [5.74, 6) is -1.72. The number of carboxylic acid groups (broad SMARTS) is 1. The number of carbonyl (C=O) groups excluding carboxylic acids is 2. The summed E-state index contributed by atoms with van der Waals surface area (Å²) in [5.41, 5.74) is -1.21. The Kier molecular flexibility index (Phi) is 7.06. The third-order valence-electron chi connectivity index (χ3n) is 2.38. The average molecular weight is 274 g/mol. The number of ether oxygens (including phenoxy) is 1. The number of hydrogen-bond donors (Lipinski definition) is 3. The lowest BCUT2D eigenvalue weighted by Gasteiger charge is -2.18. The van der Waals surface area contributed by atoms with E-state index in [1.807, 2.05) is 6.92 Å². The molecule has 0 bridgehead atoms. The van der Waals surface area contributed by atoms with E-state index in [-0.39, 0.29) is 12.5 Å². The highest BCUT2D eigenvalue weighted by atomic mass is 16.5. The molecule has 3 N–H and O–H groups in total. The molecule has 0 aromatic rings. The first-order chi connectivity index (χ1) is 8.69. The molecule has 0 heterocycles. The van der Waals surface area contributed by atoms with Crippen LogP contribution in [0, 0.1) is 5.41 Å². The lowest BCUT2D eigenvalue weighted by molar-refractivity contribution is -0.149. The Balaban J connectivity index is 4.13. The van der Waals surface area contributed by atoms with Crippen LogP contribution in [0.5, 0.6) is 0 Å². The van der Waals surface area contributed by atoms with Gasteiger partial charge in [0.15, 0.2) is 0 Å². The number of carbonyl (C=O) groups is 3. The van der Waals surface area contributed by atoms with E-state index in [1.165, 1.54) is 13.8 Å².